The Kier molecular flexibility index (Phi) is 3.72. The van der Waals surface area contributed by atoms with Crippen LogP contribution >= 0.6 is 0 Å². The number of hydrogen-bond donors (Lipinski definition) is 1. The highest BCUT2D eigenvalue weighted by atomic mass is 15.3. The van der Waals surface area contributed by atoms with Gasteiger partial charge in [-0.3, -0.25) is 4.90 Å². The number of nitrogens with one attached hydrogen (secondary N) is 1. The molecule has 2 atom stereocenters. The third-order valence-corrected chi connectivity index (χ3v) is 5.21. The van der Waals surface area contributed by atoms with Crippen molar-refractivity contribution in [2.45, 2.75) is 50.4 Å². The van der Waals surface area contributed by atoms with Crippen molar-refractivity contribution in [1.29, 1.82) is 0 Å². The molecule has 0 saturated carbocycles. The van der Waals surface area contributed by atoms with Gasteiger partial charge in [0.2, 0.25) is 0 Å². The summed E-state index contributed by atoms with van der Waals surface area (Å²) in [6, 6.07) is 13.0. The fourth-order valence-corrected chi connectivity index (χ4v) is 3.98. The number of fused-ring (bicyclic) bond motifs is 2. The SMILES string of the molecule is CN(Cc1ccc(-n2cccn2)cc1)C1CC2CCC(C1)N2. The number of benzene rings is 1. The van der Waals surface area contributed by atoms with Crippen LogP contribution in [0.5, 0.6) is 0 Å². The van der Waals surface area contributed by atoms with E-state index in [1.807, 2.05) is 23.1 Å². The van der Waals surface area contributed by atoms with Gasteiger partial charge >= 0.3 is 0 Å². The third kappa shape index (κ3) is 2.81. The lowest BCUT2D eigenvalue weighted by atomic mass is 9.98. The zero-order valence-electron chi connectivity index (χ0n) is 13.2. The number of rotatable bonds is 4. The van der Waals surface area contributed by atoms with E-state index in [2.05, 4.69) is 46.6 Å². The number of aromatic nitrogens is 2. The van der Waals surface area contributed by atoms with Crippen LogP contribution in [-0.2, 0) is 6.54 Å². The topological polar surface area (TPSA) is 33.1 Å². The van der Waals surface area contributed by atoms with Crippen molar-refractivity contribution in [1.82, 2.24) is 20.0 Å². The average Bonchev–Trinajstić information content (AvgIpc) is 3.18. The van der Waals surface area contributed by atoms with E-state index in [-0.39, 0.29) is 0 Å². The maximum atomic E-state index is 4.27. The van der Waals surface area contributed by atoms with Crippen LogP contribution in [0.1, 0.15) is 31.2 Å². The Morgan fingerprint density at radius 1 is 1.18 bits per heavy atom. The molecule has 2 fully saturated rings. The molecule has 4 nitrogen and oxygen atoms in total. The molecule has 4 rings (SSSR count). The minimum absolute atomic E-state index is 0.726. The Balaban J connectivity index is 1.40. The van der Waals surface area contributed by atoms with E-state index in [4.69, 9.17) is 0 Å². The van der Waals surface area contributed by atoms with Gasteiger partial charge in [0, 0.05) is 37.1 Å². The van der Waals surface area contributed by atoms with Crippen molar-refractivity contribution >= 4 is 0 Å². The minimum Gasteiger partial charge on any atom is -0.311 e. The van der Waals surface area contributed by atoms with Crippen LogP contribution in [-0.4, -0.2) is 39.9 Å². The van der Waals surface area contributed by atoms with Crippen molar-refractivity contribution in [3.63, 3.8) is 0 Å². The molecule has 0 amide bonds. The van der Waals surface area contributed by atoms with Gasteiger partial charge in [-0.2, -0.15) is 5.10 Å². The molecule has 3 heterocycles. The molecular weight excluding hydrogens is 272 g/mol. The summed E-state index contributed by atoms with van der Waals surface area (Å²) in [7, 11) is 2.27. The Bertz CT molecular complexity index is 593. The summed E-state index contributed by atoms with van der Waals surface area (Å²) in [5, 5.41) is 8.00. The first-order chi connectivity index (χ1) is 10.8. The second-order valence-electron chi connectivity index (χ2n) is 6.80. The van der Waals surface area contributed by atoms with Gasteiger partial charge in [0.1, 0.15) is 0 Å². The van der Waals surface area contributed by atoms with Crippen molar-refractivity contribution in [2.75, 3.05) is 7.05 Å². The lowest BCUT2D eigenvalue weighted by molar-refractivity contribution is 0.166. The van der Waals surface area contributed by atoms with E-state index in [1.165, 1.54) is 31.2 Å². The zero-order valence-corrected chi connectivity index (χ0v) is 13.2. The molecule has 2 aliphatic rings. The van der Waals surface area contributed by atoms with Crippen LogP contribution < -0.4 is 5.32 Å². The van der Waals surface area contributed by atoms with Crippen LogP contribution in [0.3, 0.4) is 0 Å². The zero-order chi connectivity index (χ0) is 14.9. The van der Waals surface area contributed by atoms with Crippen LogP contribution in [0.25, 0.3) is 5.69 Å². The van der Waals surface area contributed by atoms with E-state index in [0.717, 1.165) is 30.4 Å². The van der Waals surface area contributed by atoms with E-state index in [1.54, 1.807) is 0 Å². The van der Waals surface area contributed by atoms with E-state index in [9.17, 15) is 0 Å². The fraction of sp³-hybridized carbons (Fsp3) is 0.500. The summed E-state index contributed by atoms with van der Waals surface area (Å²) >= 11 is 0. The molecule has 22 heavy (non-hydrogen) atoms. The minimum atomic E-state index is 0.726. The van der Waals surface area contributed by atoms with Gasteiger partial charge in [0.05, 0.1) is 5.69 Å². The van der Waals surface area contributed by atoms with Crippen LogP contribution in [0.15, 0.2) is 42.7 Å². The monoisotopic (exact) mass is 296 g/mol. The first kappa shape index (κ1) is 14.0. The predicted molar refractivity (Wildman–Crippen MR) is 88.0 cm³/mol. The molecule has 2 aliphatic heterocycles. The quantitative estimate of drug-likeness (QED) is 0.941. The Labute approximate surface area is 132 Å². The molecule has 1 aromatic heterocycles. The van der Waals surface area contributed by atoms with Gasteiger partial charge < -0.3 is 5.32 Å². The molecule has 2 unspecified atom stereocenters. The Morgan fingerprint density at radius 3 is 2.55 bits per heavy atom. The van der Waals surface area contributed by atoms with Gasteiger partial charge in [0.15, 0.2) is 0 Å². The second kappa shape index (κ2) is 5.86. The van der Waals surface area contributed by atoms with Crippen molar-refractivity contribution in [3.05, 3.63) is 48.3 Å². The molecule has 0 radical (unpaired) electrons. The number of hydrogen-bond acceptors (Lipinski definition) is 3. The standard InChI is InChI=1S/C18H24N4/c1-21(18-11-15-5-6-16(12-18)20-15)13-14-3-7-17(8-4-14)22-10-2-9-19-22/h2-4,7-10,15-16,18,20H,5-6,11-13H2,1H3. The molecule has 116 valence electrons. The van der Waals surface area contributed by atoms with Crippen LogP contribution in [0.4, 0.5) is 0 Å². The average molecular weight is 296 g/mol. The molecular formula is C18H24N4. The van der Waals surface area contributed by atoms with Crippen molar-refractivity contribution < 1.29 is 0 Å². The first-order valence-electron chi connectivity index (χ1n) is 8.33. The Hall–Kier alpha value is -1.65. The third-order valence-electron chi connectivity index (χ3n) is 5.21. The van der Waals surface area contributed by atoms with E-state index in [0.29, 0.717) is 0 Å². The molecule has 2 aromatic rings. The Morgan fingerprint density at radius 2 is 1.91 bits per heavy atom. The van der Waals surface area contributed by atoms with Crippen molar-refractivity contribution in [3.8, 4) is 5.69 Å². The summed E-state index contributed by atoms with van der Waals surface area (Å²) in [5.74, 6) is 0. The molecule has 2 bridgehead atoms. The van der Waals surface area contributed by atoms with Gasteiger partial charge in [-0.15, -0.1) is 0 Å². The maximum Gasteiger partial charge on any atom is 0.0645 e. The normalized spacial score (nSPS) is 27.5. The highest BCUT2D eigenvalue weighted by Gasteiger charge is 2.34. The summed E-state index contributed by atoms with van der Waals surface area (Å²) in [4.78, 5) is 2.54. The summed E-state index contributed by atoms with van der Waals surface area (Å²) in [5.41, 5.74) is 2.50. The lowest BCUT2D eigenvalue weighted by Gasteiger charge is -2.35. The maximum absolute atomic E-state index is 4.27. The van der Waals surface area contributed by atoms with Crippen LogP contribution in [0, 0.1) is 0 Å². The van der Waals surface area contributed by atoms with Crippen LogP contribution in [0.2, 0.25) is 0 Å². The van der Waals surface area contributed by atoms with Crippen molar-refractivity contribution in [2.24, 2.45) is 0 Å². The summed E-state index contributed by atoms with van der Waals surface area (Å²) < 4.78 is 1.90. The van der Waals surface area contributed by atoms with Gasteiger partial charge in [0.25, 0.3) is 0 Å². The van der Waals surface area contributed by atoms with E-state index < -0.39 is 0 Å². The van der Waals surface area contributed by atoms with Gasteiger partial charge in [-0.25, -0.2) is 4.68 Å². The highest BCUT2D eigenvalue weighted by Crippen LogP contribution is 2.29. The lowest BCUT2D eigenvalue weighted by Crippen LogP contribution is -2.46. The number of piperidine rings is 1. The first-order valence-corrected chi connectivity index (χ1v) is 8.33. The summed E-state index contributed by atoms with van der Waals surface area (Å²) in [6.07, 6.45) is 9.14. The summed E-state index contributed by atoms with van der Waals surface area (Å²) in [6.45, 7) is 1.03. The number of nitrogens with zero attached hydrogens (tertiary/aromatic N) is 3. The largest absolute Gasteiger partial charge is 0.311 e. The second-order valence-corrected chi connectivity index (χ2v) is 6.80. The molecule has 0 spiro atoms. The molecule has 2 saturated heterocycles. The highest BCUT2D eigenvalue weighted by molar-refractivity contribution is 5.33. The molecule has 4 heteroatoms. The van der Waals surface area contributed by atoms with E-state index >= 15 is 0 Å². The van der Waals surface area contributed by atoms with Gasteiger partial charge in [-0.05, 0) is 56.5 Å². The molecule has 1 aromatic carbocycles. The van der Waals surface area contributed by atoms with Gasteiger partial charge in [-0.1, -0.05) is 12.1 Å². The molecule has 1 N–H and O–H groups in total. The fourth-order valence-electron chi connectivity index (χ4n) is 3.98. The smallest absolute Gasteiger partial charge is 0.0645 e. The molecule has 0 aliphatic carbocycles. The predicted octanol–water partition coefficient (Wildman–Crippen LogP) is 2.59.